The van der Waals surface area contributed by atoms with Crippen molar-refractivity contribution in [3.8, 4) is 0 Å². The third kappa shape index (κ3) is 3.16. The van der Waals surface area contributed by atoms with E-state index in [1.807, 2.05) is 25.1 Å². The van der Waals surface area contributed by atoms with E-state index >= 15 is 0 Å². The van der Waals surface area contributed by atoms with Gasteiger partial charge in [0.05, 0.1) is 24.6 Å². The Morgan fingerprint density at radius 1 is 1.13 bits per heavy atom. The van der Waals surface area contributed by atoms with Crippen LogP contribution in [0.5, 0.6) is 0 Å². The van der Waals surface area contributed by atoms with E-state index in [2.05, 4.69) is 6.58 Å². The number of benzene rings is 1. The van der Waals surface area contributed by atoms with Crippen LogP contribution >= 0.6 is 0 Å². The molecule has 0 N–H and O–H groups in total. The summed E-state index contributed by atoms with van der Waals surface area (Å²) in [6.07, 6.45) is 0.560. The molecule has 1 aliphatic heterocycles. The predicted octanol–water partition coefficient (Wildman–Crippen LogP) is 3.84. The van der Waals surface area contributed by atoms with Crippen LogP contribution in [0.25, 0.3) is 0 Å². The number of aryl methyl sites for hydroxylation is 1. The van der Waals surface area contributed by atoms with Crippen molar-refractivity contribution in [1.29, 1.82) is 0 Å². The van der Waals surface area contributed by atoms with Gasteiger partial charge < -0.3 is 9.47 Å². The Balaban J connectivity index is 2.52. The average Bonchev–Trinajstić information content (AvgIpc) is 2.81. The van der Waals surface area contributed by atoms with Crippen molar-refractivity contribution in [1.82, 2.24) is 0 Å². The summed E-state index contributed by atoms with van der Waals surface area (Å²) in [5.74, 6) is 0. The van der Waals surface area contributed by atoms with Crippen LogP contribution in [0.15, 0.2) is 30.9 Å². The van der Waals surface area contributed by atoms with Crippen LogP contribution in [0, 0.1) is 6.92 Å². The highest BCUT2D eigenvalue weighted by molar-refractivity contribution is 6.04. The second-order valence-corrected chi connectivity index (χ2v) is 5.14. The zero-order chi connectivity index (χ0) is 17.0. The number of hydrogen-bond acceptors (Lipinski definition) is 4. The number of carbonyl (C=O) groups is 2. The van der Waals surface area contributed by atoms with E-state index < -0.39 is 18.4 Å². The van der Waals surface area contributed by atoms with Crippen LogP contribution < -0.4 is 9.80 Å². The minimum atomic E-state index is -0.539. The second kappa shape index (κ2) is 7.17. The zero-order valence-corrected chi connectivity index (χ0v) is 13.7. The molecular weight excluding hydrogens is 296 g/mol. The molecule has 0 aliphatic carbocycles. The van der Waals surface area contributed by atoms with Gasteiger partial charge in [-0.3, -0.25) is 9.80 Å². The summed E-state index contributed by atoms with van der Waals surface area (Å²) in [6, 6.07) is 5.57. The molecule has 23 heavy (non-hydrogen) atoms. The smallest absolute Gasteiger partial charge is 0.416 e. The lowest BCUT2D eigenvalue weighted by atomic mass is 10.2. The van der Waals surface area contributed by atoms with Gasteiger partial charge in [0.1, 0.15) is 6.17 Å². The van der Waals surface area contributed by atoms with Crippen molar-refractivity contribution in [2.45, 2.75) is 33.4 Å². The summed E-state index contributed by atoms with van der Waals surface area (Å²) in [5.41, 5.74) is 2.26. The molecule has 0 aromatic heterocycles. The topological polar surface area (TPSA) is 59.1 Å². The van der Waals surface area contributed by atoms with E-state index in [9.17, 15) is 9.59 Å². The Kier molecular flexibility index (Phi) is 5.26. The monoisotopic (exact) mass is 318 g/mol. The first-order chi connectivity index (χ1) is 11.0. The number of ether oxygens (including phenoxy) is 2. The minimum absolute atomic E-state index is 0.261. The van der Waals surface area contributed by atoms with Gasteiger partial charge in [-0.05, 0) is 38.5 Å². The number of amides is 2. The SMILES string of the molecule is C=CCC1N(C(=O)OCC)c2ccc(C)cc2N1C(=O)OCC. The maximum Gasteiger partial charge on any atom is 0.416 e. The summed E-state index contributed by atoms with van der Waals surface area (Å²) < 4.78 is 10.3. The number of hydrogen-bond donors (Lipinski definition) is 0. The zero-order valence-electron chi connectivity index (χ0n) is 13.7. The van der Waals surface area contributed by atoms with Gasteiger partial charge in [-0.2, -0.15) is 0 Å². The quantitative estimate of drug-likeness (QED) is 0.792. The summed E-state index contributed by atoms with van der Waals surface area (Å²) in [6.45, 7) is 9.67. The van der Waals surface area contributed by atoms with E-state index in [0.717, 1.165) is 5.56 Å². The summed E-state index contributed by atoms with van der Waals surface area (Å²) in [4.78, 5) is 27.8. The highest BCUT2D eigenvalue weighted by Crippen LogP contribution is 2.42. The van der Waals surface area contributed by atoms with Gasteiger partial charge in [-0.15, -0.1) is 6.58 Å². The van der Waals surface area contributed by atoms with Crippen molar-refractivity contribution >= 4 is 23.6 Å². The van der Waals surface area contributed by atoms with E-state index in [1.165, 1.54) is 9.80 Å². The average molecular weight is 318 g/mol. The molecule has 2 rings (SSSR count). The molecule has 1 aromatic rings. The lowest BCUT2D eigenvalue weighted by molar-refractivity contribution is 0.152. The maximum absolute atomic E-state index is 12.4. The van der Waals surface area contributed by atoms with Crippen LogP contribution in [0.3, 0.4) is 0 Å². The van der Waals surface area contributed by atoms with Gasteiger partial charge in [-0.1, -0.05) is 12.1 Å². The molecule has 0 saturated carbocycles. The van der Waals surface area contributed by atoms with Gasteiger partial charge in [-0.25, -0.2) is 9.59 Å². The second-order valence-electron chi connectivity index (χ2n) is 5.14. The fraction of sp³-hybridized carbons (Fsp3) is 0.412. The highest BCUT2D eigenvalue weighted by Gasteiger charge is 2.43. The molecule has 6 nitrogen and oxygen atoms in total. The van der Waals surface area contributed by atoms with Gasteiger partial charge in [0, 0.05) is 6.42 Å². The van der Waals surface area contributed by atoms with E-state index in [0.29, 0.717) is 17.8 Å². The summed E-state index contributed by atoms with van der Waals surface area (Å²) in [5, 5.41) is 0. The Morgan fingerprint density at radius 3 is 2.22 bits per heavy atom. The van der Waals surface area contributed by atoms with Gasteiger partial charge in [0.25, 0.3) is 0 Å². The molecule has 1 aliphatic rings. The normalized spacial score (nSPS) is 16.0. The van der Waals surface area contributed by atoms with E-state index in [-0.39, 0.29) is 13.2 Å². The Hall–Kier alpha value is -2.50. The highest BCUT2D eigenvalue weighted by atomic mass is 16.6. The number of rotatable bonds is 4. The lowest BCUT2D eigenvalue weighted by Gasteiger charge is -2.28. The fourth-order valence-corrected chi connectivity index (χ4v) is 2.65. The first kappa shape index (κ1) is 16.9. The first-order valence-corrected chi connectivity index (χ1v) is 7.68. The standard InChI is InChI=1S/C17H22N2O4/c1-5-8-15-18(16(20)22-6-2)13-10-9-12(4)11-14(13)19(15)17(21)23-7-3/h5,9-11,15H,1,6-8H2,2-4H3. The molecule has 1 heterocycles. The lowest BCUT2D eigenvalue weighted by Crippen LogP contribution is -2.48. The van der Waals surface area contributed by atoms with Gasteiger partial charge >= 0.3 is 12.2 Å². The summed E-state index contributed by atoms with van der Waals surface area (Å²) >= 11 is 0. The van der Waals surface area contributed by atoms with Crippen LogP contribution in [-0.4, -0.2) is 31.6 Å². The molecule has 1 aromatic carbocycles. The molecule has 0 bridgehead atoms. The Bertz CT molecular complexity index is 615. The predicted molar refractivity (Wildman–Crippen MR) is 88.8 cm³/mol. The molecule has 2 amide bonds. The number of nitrogens with zero attached hydrogens (tertiary/aromatic N) is 2. The van der Waals surface area contributed by atoms with E-state index in [1.54, 1.807) is 19.9 Å². The molecule has 0 radical (unpaired) electrons. The largest absolute Gasteiger partial charge is 0.449 e. The van der Waals surface area contributed by atoms with E-state index in [4.69, 9.17) is 9.47 Å². The van der Waals surface area contributed by atoms with Crippen molar-refractivity contribution in [3.63, 3.8) is 0 Å². The van der Waals surface area contributed by atoms with Crippen LogP contribution in [0.2, 0.25) is 0 Å². The Morgan fingerprint density at radius 2 is 1.70 bits per heavy atom. The van der Waals surface area contributed by atoms with Crippen LogP contribution in [0.1, 0.15) is 25.8 Å². The number of anilines is 2. The van der Waals surface area contributed by atoms with Crippen molar-refractivity contribution in [2.75, 3.05) is 23.0 Å². The third-order valence-electron chi connectivity index (χ3n) is 3.55. The molecule has 1 unspecified atom stereocenters. The van der Waals surface area contributed by atoms with Gasteiger partial charge in [0.15, 0.2) is 0 Å². The van der Waals surface area contributed by atoms with Gasteiger partial charge in [0.2, 0.25) is 0 Å². The fourth-order valence-electron chi connectivity index (χ4n) is 2.65. The molecule has 6 heteroatoms. The third-order valence-corrected chi connectivity index (χ3v) is 3.55. The molecular formula is C17H22N2O4. The first-order valence-electron chi connectivity index (χ1n) is 7.68. The van der Waals surface area contributed by atoms with Crippen LogP contribution in [-0.2, 0) is 9.47 Å². The van der Waals surface area contributed by atoms with Crippen LogP contribution in [0.4, 0.5) is 21.0 Å². The Labute approximate surface area is 136 Å². The molecule has 1 atom stereocenters. The van der Waals surface area contributed by atoms with Crippen molar-refractivity contribution < 1.29 is 19.1 Å². The molecule has 0 saturated heterocycles. The molecule has 0 spiro atoms. The molecule has 124 valence electrons. The molecule has 0 fully saturated rings. The number of carbonyl (C=O) groups excluding carboxylic acids is 2. The summed E-state index contributed by atoms with van der Waals surface area (Å²) in [7, 11) is 0. The van der Waals surface area contributed by atoms with Crippen molar-refractivity contribution in [2.24, 2.45) is 0 Å². The minimum Gasteiger partial charge on any atom is -0.449 e. The number of fused-ring (bicyclic) bond motifs is 1. The van der Waals surface area contributed by atoms with Crippen molar-refractivity contribution in [3.05, 3.63) is 36.4 Å². The maximum atomic E-state index is 12.4.